The second kappa shape index (κ2) is 16.5. The summed E-state index contributed by atoms with van der Waals surface area (Å²) in [5.41, 5.74) is 5.46. The summed E-state index contributed by atoms with van der Waals surface area (Å²) in [5.74, 6) is 1.78. The van der Waals surface area contributed by atoms with E-state index in [-0.39, 0.29) is 11.9 Å². The Bertz CT molecular complexity index is 896. The maximum absolute atomic E-state index is 11.3. The van der Waals surface area contributed by atoms with Gasteiger partial charge in [0, 0.05) is 6.42 Å². The third-order valence-electron chi connectivity index (χ3n) is 7.21. The Morgan fingerprint density at radius 3 is 2.44 bits per heavy atom. The lowest BCUT2D eigenvalue weighted by Crippen LogP contribution is -2.07. The van der Waals surface area contributed by atoms with E-state index in [1.807, 2.05) is 12.2 Å². The molecule has 0 radical (unpaired) electrons. The molecule has 0 spiro atoms. The van der Waals surface area contributed by atoms with E-state index in [0.717, 1.165) is 32.1 Å². The lowest BCUT2D eigenvalue weighted by Gasteiger charge is -2.23. The van der Waals surface area contributed by atoms with E-state index in [9.17, 15) is 9.90 Å². The largest absolute Gasteiger partial charge is 0.389 e. The van der Waals surface area contributed by atoms with Crippen molar-refractivity contribution in [3.05, 3.63) is 76.9 Å². The van der Waals surface area contributed by atoms with Crippen LogP contribution in [0.4, 0.5) is 0 Å². The van der Waals surface area contributed by atoms with Gasteiger partial charge in [0.2, 0.25) is 0 Å². The maximum atomic E-state index is 11.3. The molecule has 0 aromatic heterocycles. The van der Waals surface area contributed by atoms with E-state index in [1.165, 1.54) is 48.0 Å². The SMILES string of the molecule is CC(=O)CC(C)Cc1ccc(/C=C2\CCCCC2/C=C/C=C/C(O)CCC(C)CCC=C(C)C)cc1. The first-order valence-corrected chi connectivity index (χ1v) is 14.2. The summed E-state index contributed by atoms with van der Waals surface area (Å²) in [4.78, 5) is 11.3. The van der Waals surface area contributed by atoms with Crippen molar-refractivity contribution in [2.75, 3.05) is 0 Å². The molecule has 2 heteroatoms. The Balaban J connectivity index is 1.86. The fourth-order valence-electron chi connectivity index (χ4n) is 5.14. The van der Waals surface area contributed by atoms with Crippen LogP contribution in [0.1, 0.15) is 104 Å². The zero-order valence-electron chi connectivity index (χ0n) is 23.5. The number of benzene rings is 1. The zero-order chi connectivity index (χ0) is 26.3. The van der Waals surface area contributed by atoms with Gasteiger partial charge in [0.05, 0.1) is 6.10 Å². The average Bonchev–Trinajstić information content (AvgIpc) is 2.82. The summed E-state index contributed by atoms with van der Waals surface area (Å²) in [6.45, 7) is 10.4. The fraction of sp³-hybridized carbons (Fsp3) is 0.559. The van der Waals surface area contributed by atoms with Crippen molar-refractivity contribution in [3.63, 3.8) is 0 Å². The van der Waals surface area contributed by atoms with Gasteiger partial charge in [0.15, 0.2) is 0 Å². The number of aliphatic hydroxyl groups is 1. The lowest BCUT2D eigenvalue weighted by atomic mass is 9.83. The van der Waals surface area contributed by atoms with Gasteiger partial charge in [-0.2, -0.15) is 0 Å². The first kappa shape index (κ1) is 30.0. The second-order valence-corrected chi connectivity index (χ2v) is 11.4. The molecular weight excluding hydrogens is 440 g/mol. The number of Topliss-reactive ketones (excluding diaryl/α,β-unsaturated/α-hetero) is 1. The van der Waals surface area contributed by atoms with Gasteiger partial charge in [-0.1, -0.05) is 92.1 Å². The Morgan fingerprint density at radius 2 is 1.75 bits per heavy atom. The number of rotatable bonds is 14. The highest BCUT2D eigenvalue weighted by Crippen LogP contribution is 2.32. The number of allylic oxidation sites excluding steroid dienone is 6. The van der Waals surface area contributed by atoms with E-state index in [2.05, 4.69) is 76.3 Å². The normalized spacial score (nSPS) is 20.1. The van der Waals surface area contributed by atoms with Crippen molar-refractivity contribution in [1.29, 1.82) is 0 Å². The quantitative estimate of drug-likeness (QED) is 0.209. The van der Waals surface area contributed by atoms with Gasteiger partial charge < -0.3 is 9.90 Å². The minimum Gasteiger partial charge on any atom is -0.389 e. The van der Waals surface area contributed by atoms with E-state index < -0.39 is 0 Å². The molecule has 2 rings (SSSR count). The minimum atomic E-state index is -0.362. The van der Waals surface area contributed by atoms with Crippen LogP contribution in [0.5, 0.6) is 0 Å². The van der Waals surface area contributed by atoms with Gasteiger partial charge in [0.25, 0.3) is 0 Å². The van der Waals surface area contributed by atoms with Crippen LogP contribution in [0.3, 0.4) is 0 Å². The molecule has 1 saturated carbocycles. The third kappa shape index (κ3) is 12.7. The average molecular weight is 491 g/mol. The molecular formula is C34H50O2. The summed E-state index contributed by atoms with van der Waals surface area (Å²) < 4.78 is 0. The van der Waals surface area contributed by atoms with Crippen LogP contribution in [0.2, 0.25) is 0 Å². The summed E-state index contributed by atoms with van der Waals surface area (Å²) >= 11 is 0. The van der Waals surface area contributed by atoms with E-state index in [1.54, 1.807) is 6.92 Å². The Labute approximate surface area is 221 Å². The molecule has 4 unspecified atom stereocenters. The van der Waals surface area contributed by atoms with Crippen LogP contribution >= 0.6 is 0 Å². The van der Waals surface area contributed by atoms with Gasteiger partial charge in [-0.25, -0.2) is 0 Å². The Morgan fingerprint density at radius 1 is 1.00 bits per heavy atom. The van der Waals surface area contributed by atoms with Crippen LogP contribution in [-0.2, 0) is 11.2 Å². The predicted octanol–water partition coefficient (Wildman–Crippen LogP) is 9.05. The molecule has 1 aromatic carbocycles. The molecule has 4 atom stereocenters. The van der Waals surface area contributed by atoms with Crippen molar-refractivity contribution in [1.82, 2.24) is 0 Å². The molecule has 0 heterocycles. The number of aliphatic hydroxyl groups excluding tert-OH is 1. The van der Waals surface area contributed by atoms with Gasteiger partial charge >= 0.3 is 0 Å². The zero-order valence-corrected chi connectivity index (χ0v) is 23.5. The van der Waals surface area contributed by atoms with Crippen LogP contribution in [0.25, 0.3) is 6.08 Å². The van der Waals surface area contributed by atoms with Crippen LogP contribution in [0, 0.1) is 17.8 Å². The van der Waals surface area contributed by atoms with Gasteiger partial charge in [-0.05, 0) is 101 Å². The molecule has 1 aliphatic carbocycles. The summed E-state index contributed by atoms with van der Waals surface area (Å²) in [5, 5.41) is 10.4. The molecule has 0 saturated heterocycles. The van der Waals surface area contributed by atoms with Gasteiger partial charge in [0.1, 0.15) is 5.78 Å². The first-order valence-electron chi connectivity index (χ1n) is 14.2. The number of hydrogen-bond donors (Lipinski definition) is 1. The van der Waals surface area contributed by atoms with Crippen LogP contribution in [0.15, 0.2) is 65.8 Å². The number of carbonyl (C=O) groups excluding carboxylic acids is 1. The second-order valence-electron chi connectivity index (χ2n) is 11.4. The third-order valence-corrected chi connectivity index (χ3v) is 7.21. The monoisotopic (exact) mass is 490 g/mol. The van der Waals surface area contributed by atoms with Gasteiger partial charge in [-0.3, -0.25) is 0 Å². The number of carbonyl (C=O) groups is 1. The van der Waals surface area contributed by atoms with Crippen molar-refractivity contribution in [2.45, 2.75) is 105 Å². The van der Waals surface area contributed by atoms with Crippen LogP contribution < -0.4 is 0 Å². The molecule has 0 aliphatic heterocycles. The molecule has 198 valence electrons. The molecule has 1 aromatic rings. The molecule has 0 amide bonds. The molecule has 0 bridgehead atoms. The minimum absolute atomic E-state index is 0.268. The lowest BCUT2D eigenvalue weighted by molar-refractivity contribution is -0.117. The van der Waals surface area contributed by atoms with E-state index in [0.29, 0.717) is 24.2 Å². The highest BCUT2D eigenvalue weighted by atomic mass is 16.3. The molecule has 1 N–H and O–H groups in total. The maximum Gasteiger partial charge on any atom is 0.130 e. The van der Waals surface area contributed by atoms with E-state index in [4.69, 9.17) is 0 Å². The molecule has 1 fully saturated rings. The van der Waals surface area contributed by atoms with Crippen molar-refractivity contribution in [3.8, 4) is 0 Å². The molecule has 2 nitrogen and oxygen atoms in total. The molecule has 36 heavy (non-hydrogen) atoms. The predicted molar refractivity (Wildman–Crippen MR) is 156 cm³/mol. The molecule has 1 aliphatic rings. The topological polar surface area (TPSA) is 37.3 Å². The summed E-state index contributed by atoms with van der Waals surface area (Å²) in [7, 11) is 0. The standard InChI is InChI=1S/C34H50O2/c1-26(2)11-10-12-27(3)17-22-34(36)16-9-8-14-32-13-6-7-15-33(32)25-31-20-18-30(19-21-31)24-28(4)23-29(5)35/h8-9,11,14,16,18-21,25,27-28,32,34,36H,6-7,10,12-13,15,17,22-24H2,1-5H3/b14-8+,16-9+,33-25+. The first-order chi connectivity index (χ1) is 17.2. The number of hydrogen-bond acceptors (Lipinski definition) is 2. The smallest absolute Gasteiger partial charge is 0.130 e. The highest BCUT2D eigenvalue weighted by molar-refractivity contribution is 5.75. The Hall–Kier alpha value is -2.19. The highest BCUT2D eigenvalue weighted by Gasteiger charge is 2.16. The number of ketones is 1. The Kier molecular flexibility index (Phi) is 13.8. The van der Waals surface area contributed by atoms with Crippen molar-refractivity contribution < 1.29 is 9.90 Å². The van der Waals surface area contributed by atoms with Crippen molar-refractivity contribution >= 4 is 11.9 Å². The fourth-order valence-corrected chi connectivity index (χ4v) is 5.14. The van der Waals surface area contributed by atoms with Gasteiger partial charge in [-0.15, -0.1) is 0 Å². The van der Waals surface area contributed by atoms with Crippen molar-refractivity contribution in [2.24, 2.45) is 17.8 Å². The summed E-state index contributed by atoms with van der Waals surface area (Å²) in [6, 6.07) is 8.86. The summed E-state index contributed by atoms with van der Waals surface area (Å²) in [6.07, 6.45) is 23.5. The van der Waals surface area contributed by atoms with Crippen LogP contribution in [-0.4, -0.2) is 17.0 Å². The van der Waals surface area contributed by atoms with E-state index >= 15 is 0 Å².